The zero-order valence-corrected chi connectivity index (χ0v) is 15.3. The van der Waals surface area contributed by atoms with E-state index in [0.29, 0.717) is 30.0 Å². The quantitative estimate of drug-likeness (QED) is 0.531. The second-order valence-corrected chi connectivity index (χ2v) is 6.55. The molecule has 0 unspecified atom stereocenters. The van der Waals surface area contributed by atoms with E-state index in [0.717, 1.165) is 6.42 Å². The Labute approximate surface area is 165 Å². The normalized spacial score (nSPS) is 13.5. The Balaban J connectivity index is 1.64. The van der Waals surface area contributed by atoms with Gasteiger partial charge in [-0.15, -0.1) is 0 Å². The lowest BCUT2D eigenvalue weighted by atomic mass is 10.1. The van der Waals surface area contributed by atoms with Gasteiger partial charge in [-0.3, -0.25) is 19.7 Å². The molecule has 4 rings (SSSR count). The fourth-order valence-corrected chi connectivity index (χ4v) is 3.34. The van der Waals surface area contributed by atoms with Crippen LogP contribution >= 0.6 is 0 Å². The van der Waals surface area contributed by atoms with E-state index >= 15 is 0 Å². The first-order valence-electron chi connectivity index (χ1n) is 9.02. The van der Waals surface area contributed by atoms with Crippen LogP contribution in [0.1, 0.15) is 23.2 Å². The highest BCUT2D eigenvalue weighted by molar-refractivity contribution is 6.08. The molecule has 9 heteroatoms. The molecule has 1 saturated heterocycles. The van der Waals surface area contributed by atoms with Crippen molar-refractivity contribution < 1.29 is 14.5 Å². The minimum atomic E-state index is -0.539. The van der Waals surface area contributed by atoms with Crippen LogP contribution in [0.15, 0.2) is 61.2 Å². The molecule has 2 aromatic carbocycles. The third kappa shape index (κ3) is 3.57. The second-order valence-electron chi connectivity index (χ2n) is 6.55. The summed E-state index contributed by atoms with van der Waals surface area (Å²) in [5, 5.41) is 14.3. The standard InChI is InChI=1S/C20H17N5O4/c26-19-6-3-10-24(19)16-5-2-1-4-15(16)22-20(27)14-7-8-17(18(12-14)25(28)29)23-11-9-21-13-23/h1-2,4-5,7-9,11-13H,3,6,10H2,(H,22,27). The molecule has 0 bridgehead atoms. The average Bonchev–Trinajstić information content (AvgIpc) is 3.40. The first-order valence-corrected chi connectivity index (χ1v) is 9.02. The first-order chi connectivity index (χ1) is 14.0. The number of nitrogens with one attached hydrogen (secondary N) is 1. The summed E-state index contributed by atoms with van der Waals surface area (Å²) in [6.45, 7) is 0.594. The monoisotopic (exact) mass is 391 g/mol. The summed E-state index contributed by atoms with van der Waals surface area (Å²) in [6, 6.07) is 11.3. The SMILES string of the molecule is O=C(Nc1ccccc1N1CCCC1=O)c1ccc(-n2ccnc2)c([N+](=O)[O-])c1. The van der Waals surface area contributed by atoms with Gasteiger partial charge in [0.05, 0.1) is 22.6 Å². The van der Waals surface area contributed by atoms with Crippen molar-refractivity contribution in [2.24, 2.45) is 0 Å². The van der Waals surface area contributed by atoms with E-state index in [1.54, 1.807) is 35.4 Å². The van der Waals surface area contributed by atoms with Crippen molar-refractivity contribution >= 4 is 28.9 Å². The maximum atomic E-state index is 12.8. The van der Waals surface area contributed by atoms with E-state index in [1.807, 2.05) is 0 Å². The molecule has 3 aromatic rings. The molecule has 29 heavy (non-hydrogen) atoms. The summed E-state index contributed by atoms with van der Waals surface area (Å²) in [6.07, 6.45) is 5.80. The molecule has 146 valence electrons. The summed E-state index contributed by atoms with van der Waals surface area (Å²) in [7, 11) is 0. The van der Waals surface area contributed by atoms with Crippen LogP contribution in [-0.2, 0) is 4.79 Å². The fourth-order valence-electron chi connectivity index (χ4n) is 3.34. The lowest BCUT2D eigenvalue weighted by Gasteiger charge is -2.20. The molecule has 1 N–H and O–H groups in total. The highest BCUT2D eigenvalue weighted by Crippen LogP contribution is 2.30. The molecule has 1 fully saturated rings. The van der Waals surface area contributed by atoms with Gasteiger partial charge in [0.2, 0.25) is 5.91 Å². The molecule has 2 heterocycles. The zero-order valence-electron chi connectivity index (χ0n) is 15.3. The van der Waals surface area contributed by atoms with Crippen LogP contribution in [0.3, 0.4) is 0 Å². The molecular formula is C20H17N5O4. The third-order valence-corrected chi connectivity index (χ3v) is 4.73. The van der Waals surface area contributed by atoms with Crippen LogP contribution in [0.4, 0.5) is 17.1 Å². The Bertz CT molecular complexity index is 1090. The number of nitrogens with zero attached hydrogens (tertiary/aromatic N) is 4. The highest BCUT2D eigenvalue weighted by Gasteiger charge is 2.25. The Hall–Kier alpha value is -4.01. The summed E-state index contributed by atoms with van der Waals surface area (Å²) < 4.78 is 1.51. The van der Waals surface area contributed by atoms with Gasteiger partial charge in [-0.2, -0.15) is 0 Å². The third-order valence-electron chi connectivity index (χ3n) is 4.73. The summed E-state index contributed by atoms with van der Waals surface area (Å²) in [4.78, 5) is 41.4. The summed E-state index contributed by atoms with van der Waals surface area (Å²) >= 11 is 0. The summed E-state index contributed by atoms with van der Waals surface area (Å²) in [5.41, 5.74) is 1.34. The number of carbonyl (C=O) groups is 2. The molecule has 1 aromatic heterocycles. The Morgan fingerprint density at radius 2 is 2.00 bits per heavy atom. The highest BCUT2D eigenvalue weighted by atomic mass is 16.6. The Morgan fingerprint density at radius 1 is 1.17 bits per heavy atom. The van der Waals surface area contributed by atoms with Crippen molar-refractivity contribution in [3.63, 3.8) is 0 Å². The molecule has 0 radical (unpaired) electrons. The van der Waals surface area contributed by atoms with Gasteiger partial charge < -0.3 is 14.8 Å². The predicted octanol–water partition coefficient (Wildman–Crippen LogP) is 3.16. The van der Waals surface area contributed by atoms with Crippen LogP contribution in [-0.4, -0.2) is 32.8 Å². The summed E-state index contributed by atoms with van der Waals surface area (Å²) in [5.74, 6) is -0.489. The lowest BCUT2D eigenvalue weighted by Crippen LogP contribution is -2.25. The fraction of sp³-hybridized carbons (Fsp3) is 0.150. The lowest BCUT2D eigenvalue weighted by molar-refractivity contribution is -0.384. The molecule has 0 atom stereocenters. The molecule has 2 amide bonds. The maximum Gasteiger partial charge on any atom is 0.294 e. The number of imidazole rings is 1. The minimum Gasteiger partial charge on any atom is -0.320 e. The number of benzene rings is 2. The van der Waals surface area contributed by atoms with Gasteiger partial charge in [0.25, 0.3) is 11.6 Å². The van der Waals surface area contributed by atoms with Crippen LogP contribution in [0.25, 0.3) is 5.69 Å². The van der Waals surface area contributed by atoms with Crippen LogP contribution in [0, 0.1) is 10.1 Å². The van der Waals surface area contributed by atoms with Crippen molar-refractivity contribution in [1.29, 1.82) is 0 Å². The van der Waals surface area contributed by atoms with E-state index in [4.69, 9.17) is 0 Å². The van der Waals surface area contributed by atoms with E-state index in [1.165, 1.54) is 35.3 Å². The van der Waals surface area contributed by atoms with Crippen molar-refractivity contribution in [3.8, 4) is 5.69 Å². The van der Waals surface area contributed by atoms with Gasteiger partial charge in [0.15, 0.2) is 0 Å². The van der Waals surface area contributed by atoms with Crippen LogP contribution < -0.4 is 10.2 Å². The minimum absolute atomic E-state index is 0.00650. The number of anilines is 2. The smallest absolute Gasteiger partial charge is 0.294 e. The number of nitro groups is 1. The maximum absolute atomic E-state index is 12.8. The van der Waals surface area contributed by atoms with E-state index in [9.17, 15) is 19.7 Å². The molecule has 1 aliphatic heterocycles. The van der Waals surface area contributed by atoms with Gasteiger partial charge in [0.1, 0.15) is 5.69 Å². The van der Waals surface area contributed by atoms with Crippen molar-refractivity contribution in [1.82, 2.24) is 9.55 Å². The Morgan fingerprint density at radius 3 is 2.69 bits per heavy atom. The van der Waals surface area contributed by atoms with Gasteiger partial charge in [-0.1, -0.05) is 12.1 Å². The predicted molar refractivity (Wildman–Crippen MR) is 106 cm³/mol. The topological polar surface area (TPSA) is 110 Å². The van der Waals surface area contributed by atoms with Gasteiger partial charge in [-0.05, 0) is 30.7 Å². The molecular weight excluding hydrogens is 374 g/mol. The van der Waals surface area contributed by atoms with E-state index in [-0.39, 0.29) is 17.2 Å². The number of carbonyl (C=O) groups excluding carboxylic acids is 2. The van der Waals surface area contributed by atoms with Gasteiger partial charge >= 0.3 is 0 Å². The van der Waals surface area contributed by atoms with Crippen LogP contribution in [0.5, 0.6) is 0 Å². The van der Waals surface area contributed by atoms with Crippen molar-refractivity contribution in [2.45, 2.75) is 12.8 Å². The molecule has 0 saturated carbocycles. The van der Waals surface area contributed by atoms with Crippen molar-refractivity contribution in [3.05, 3.63) is 76.9 Å². The van der Waals surface area contributed by atoms with E-state index < -0.39 is 10.8 Å². The molecule has 0 aliphatic carbocycles. The number of rotatable bonds is 5. The number of hydrogen-bond acceptors (Lipinski definition) is 5. The van der Waals surface area contributed by atoms with Crippen LogP contribution in [0.2, 0.25) is 0 Å². The average molecular weight is 391 g/mol. The molecule has 9 nitrogen and oxygen atoms in total. The number of aromatic nitrogens is 2. The second kappa shape index (κ2) is 7.55. The first kappa shape index (κ1) is 18.4. The number of para-hydroxylation sites is 2. The largest absolute Gasteiger partial charge is 0.320 e. The van der Waals surface area contributed by atoms with Crippen molar-refractivity contribution in [2.75, 3.05) is 16.8 Å². The number of amides is 2. The molecule has 1 aliphatic rings. The zero-order chi connectivity index (χ0) is 20.4. The Kier molecular flexibility index (Phi) is 4.78. The number of hydrogen-bond donors (Lipinski definition) is 1. The van der Waals surface area contributed by atoms with Gasteiger partial charge in [0, 0.05) is 37.0 Å². The molecule has 0 spiro atoms. The van der Waals surface area contributed by atoms with Gasteiger partial charge in [-0.25, -0.2) is 4.98 Å². The number of nitro benzene ring substituents is 1. The van der Waals surface area contributed by atoms with E-state index in [2.05, 4.69) is 10.3 Å².